The highest BCUT2D eigenvalue weighted by Gasteiger charge is 2.28. The van der Waals surface area contributed by atoms with Gasteiger partial charge in [-0.1, -0.05) is 0 Å². The number of nitrogens with zero attached hydrogens (tertiary/aromatic N) is 8. The van der Waals surface area contributed by atoms with Crippen LogP contribution in [0.1, 0.15) is 13.0 Å². The van der Waals surface area contributed by atoms with Gasteiger partial charge in [0.1, 0.15) is 18.4 Å². The summed E-state index contributed by atoms with van der Waals surface area (Å²) in [5, 5.41) is 9.55. The maximum absolute atomic E-state index is 13.5. The summed E-state index contributed by atoms with van der Waals surface area (Å²) in [6.45, 7) is 5.54. The van der Waals surface area contributed by atoms with Gasteiger partial charge in [0.25, 0.3) is 0 Å². The number of rotatable bonds is 8. The molecule has 0 radical (unpaired) electrons. The second kappa shape index (κ2) is 10.3. The number of piperazine rings is 1. The van der Waals surface area contributed by atoms with E-state index < -0.39 is 6.04 Å². The zero-order valence-corrected chi connectivity index (χ0v) is 21.7. The van der Waals surface area contributed by atoms with Gasteiger partial charge in [-0.15, -0.1) is 5.10 Å². The minimum absolute atomic E-state index is 0.0282. The lowest BCUT2D eigenvalue weighted by Crippen LogP contribution is -2.50. The molecule has 4 aromatic heterocycles. The zero-order valence-electron chi connectivity index (χ0n) is 21.7. The summed E-state index contributed by atoms with van der Waals surface area (Å²) in [5.41, 5.74) is 8.28. The summed E-state index contributed by atoms with van der Waals surface area (Å²) in [6, 6.07) is 11.0. The molecule has 1 aromatic carbocycles. The Morgan fingerprint density at radius 1 is 1.08 bits per heavy atom. The summed E-state index contributed by atoms with van der Waals surface area (Å²) in [7, 11) is 1.65. The Hall–Kier alpha value is -4.65. The molecule has 39 heavy (non-hydrogen) atoms. The number of benzene rings is 1. The van der Waals surface area contributed by atoms with Crippen molar-refractivity contribution in [3.8, 4) is 17.3 Å². The van der Waals surface area contributed by atoms with E-state index >= 15 is 0 Å². The molecule has 0 aliphatic carbocycles. The maximum atomic E-state index is 13.5. The first-order chi connectivity index (χ1) is 19.0. The molecule has 0 saturated carbocycles. The average molecular weight is 532 g/mol. The Morgan fingerprint density at radius 3 is 2.59 bits per heavy atom. The molecule has 0 bridgehead atoms. The highest BCUT2D eigenvalue weighted by molar-refractivity contribution is 5.92. The third-order valence-corrected chi connectivity index (χ3v) is 6.87. The zero-order chi connectivity index (χ0) is 26.9. The normalized spacial score (nSPS) is 14.8. The highest BCUT2D eigenvalue weighted by Crippen LogP contribution is 2.26. The fourth-order valence-corrected chi connectivity index (χ4v) is 4.77. The van der Waals surface area contributed by atoms with Gasteiger partial charge in [0.05, 0.1) is 24.5 Å². The Balaban J connectivity index is 1.15. The van der Waals surface area contributed by atoms with Crippen LogP contribution in [0, 0.1) is 0 Å². The number of nitrogens with two attached hydrogens (primary N) is 1. The van der Waals surface area contributed by atoms with Crippen molar-refractivity contribution in [2.24, 2.45) is 0 Å². The minimum Gasteiger partial charge on any atom is -0.491 e. The van der Waals surface area contributed by atoms with E-state index in [1.807, 2.05) is 36.1 Å². The van der Waals surface area contributed by atoms with E-state index in [2.05, 4.69) is 25.1 Å². The number of fused-ring (bicyclic) bond motifs is 3. The lowest BCUT2D eigenvalue weighted by molar-refractivity contribution is -0.134. The van der Waals surface area contributed by atoms with E-state index in [-0.39, 0.29) is 11.9 Å². The van der Waals surface area contributed by atoms with Gasteiger partial charge in [-0.2, -0.15) is 14.6 Å². The van der Waals surface area contributed by atoms with Crippen LogP contribution in [0.25, 0.3) is 28.3 Å². The van der Waals surface area contributed by atoms with Crippen molar-refractivity contribution in [2.45, 2.75) is 13.0 Å². The fourth-order valence-electron chi connectivity index (χ4n) is 4.77. The van der Waals surface area contributed by atoms with Crippen LogP contribution < -0.4 is 15.4 Å². The van der Waals surface area contributed by atoms with Gasteiger partial charge in [0.15, 0.2) is 17.1 Å². The largest absolute Gasteiger partial charge is 0.491 e. The topological polar surface area (TPSA) is 142 Å². The minimum atomic E-state index is -0.570. The lowest BCUT2D eigenvalue weighted by atomic mass is 10.2. The standard InChI is InChI=1S/C26H29N9O4/c1-17(25(36)33-11-9-32(10-12-33)18-5-7-19(8-6-18)38-15-14-37-2)34-24-20(16-28-34)23-29-22(21-4-3-13-39-21)31-35(23)26(27)30-24/h3-8,13,16-17H,9-12,14-15H2,1-2H3,(H2,27,30). The SMILES string of the molecule is COCCOc1ccc(N2CCN(C(=O)C(C)n3ncc4c3nc(N)n3nc(-c5ccco5)nc43)CC2)cc1. The molecule has 5 heterocycles. The van der Waals surface area contributed by atoms with Gasteiger partial charge in [0.2, 0.25) is 17.7 Å². The number of carbonyl (C=O) groups excluding carboxylic acids is 1. The number of carbonyl (C=O) groups is 1. The molecular formula is C26H29N9O4. The van der Waals surface area contributed by atoms with Crippen LogP contribution in [0.3, 0.4) is 0 Å². The predicted octanol–water partition coefficient (Wildman–Crippen LogP) is 2.25. The number of anilines is 2. The monoisotopic (exact) mass is 531 g/mol. The third kappa shape index (κ3) is 4.61. The Bertz CT molecular complexity index is 1590. The van der Waals surface area contributed by atoms with E-state index in [9.17, 15) is 4.79 Å². The van der Waals surface area contributed by atoms with E-state index in [0.29, 0.717) is 54.6 Å². The molecular weight excluding hydrogens is 502 g/mol. The number of hydrogen-bond donors (Lipinski definition) is 1. The number of furan rings is 1. The molecule has 13 heteroatoms. The van der Waals surface area contributed by atoms with Crippen LogP contribution in [-0.4, -0.2) is 86.7 Å². The van der Waals surface area contributed by atoms with E-state index in [4.69, 9.17) is 19.6 Å². The lowest BCUT2D eigenvalue weighted by Gasteiger charge is -2.37. The molecule has 5 aromatic rings. The van der Waals surface area contributed by atoms with Gasteiger partial charge in [-0.25, -0.2) is 9.67 Å². The number of hydrogen-bond acceptors (Lipinski definition) is 10. The van der Waals surface area contributed by atoms with Crippen LogP contribution >= 0.6 is 0 Å². The van der Waals surface area contributed by atoms with Crippen LogP contribution in [0.4, 0.5) is 11.6 Å². The number of amides is 1. The first kappa shape index (κ1) is 24.7. The Labute approximate surface area is 223 Å². The molecule has 1 saturated heterocycles. The first-order valence-corrected chi connectivity index (χ1v) is 12.7. The molecule has 13 nitrogen and oxygen atoms in total. The van der Waals surface area contributed by atoms with E-state index in [1.54, 1.807) is 36.4 Å². The molecule has 1 amide bonds. The number of aromatic nitrogens is 6. The molecule has 2 N–H and O–H groups in total. The van der Waals surface area contributed by atoms with Crippen LogP contribution in [-0.2, 0) is 9.53 Å². The molecule has 1 unspecified atom stereocenters. The van der Waals surface area contributed by atoms with Crippen molar-refractivity contribution in [1.82, 2.24) is 34.3 Å². The summed E-state index contributed by atoms with van der Waals surface area (Å²) in [6.07, 6.45) is 3.20. The maximum Gasteiger partial charge on any atom is 0.247 e. The van der Waals surface area contributed by atoms with Crippen LogP contribution in [0.15, 0.2) is 53.3 Å². The second-order valence-electron chi connectivity index (χ2n) is 9.27. The van der Waals surface area contributed by atoms with E-state index in [0.717, 1.165) is 24.5 Å². The first-order valence-electron chi connectivity index (χ1n) is 12.7. The molecule has 0 spiro atoms. The number of methoxy groups -OCH3 is 1. The molecule has 1 aliphatic heterocycles. The fraction of sp³-hybridized carbons (Fsp3) is 0.346. The van der Waals surface area contributed by atoms with Crippen LogP contribution in [0.5, 0.6) is 5.75 Å². The number of ether oxygens (including phenoxy) is 2. The van der Waals surface area contributed by atoms with Gasteiger partial charge in [0, 0.05) is 39.0 Å². The van der Waals surface area contributed by atoms with Gasteiger partial charge < -0.3 is 29.4 Å². The quantitative estimate of drug-likeness (QED) is 0.296. The highest BCUT2D eigenvalue weighted by atomic mass is 16.5. The second-order valence-corrected chi connectivity index (χ2v) is 9.27. The Morgan fingerprint density at radius 2 is 1.87 bits per heavy atom. The summed E-state index contributed by atoms with van der Waals surface area (Å²) in [4.78, 5) is 26.7. The van der Waals surface area contributed by atoms with Gasteiger partial charge in [-0.3, -0.25) is 4.79 Å². The van der Waals surface area contributed by atoms with Crippen molar-refractivity contribution < 1.29 is 18.7 Å². The Kier molecular flexibility index (Phi) is 6.49. The summed E-state index contributed by atoms with van der Waals surface area (Å²) >= 11 is 0. The number of nitrogen functional groups attached to an aromatic ring is 1. The summed E-state index contributed by atoms with van der Waals surface area (Å²) in [5.74, 6) is 1.84. The predicted molar refractivity (Wildman–Crippen MR) is 144 cm³/mol. The van der Waals surface area contributed by atoms with E-state index in [1.165, 1.54) is 4.52 Å². The smallest absolute Gasteiger partial charge is 0.247 e. The molecule has 1 fully saturated rings. The molecule has 1 aliphatic rings. The third-order valence-electron chi connectivity index (χ3n) is 6.87. The summed E-state index contributed by atoms with van der Waals surface area (Å²) < 4.78 is 19.1. The van der Waals surface area contributed by atoms with Crippen molar-refractivity contribution in [3.63, 3.8) is 0 Å². The van der Waals surface area contributed by atoms with Crippen LogP contribution in [0.2, 0.25) is 0 Å². The van der Waals surface area contributed by atoms with Crippen molar-refractivity contribution in [2.75, 3.05) is 57.1 Å². The molecule has 6 rings (SSSR count). The average Bonchev–Trinajstić information content (AvgIpc) is 3.73. The van der Waals surface area contributed by atoms with Crippen molar-refractivity contribution >= 4 is 34.2 Å². The molecule has 202 valence electrons. The molecule has 1 atom stereocenters. The van der Waals surface area contributed by atoms with Gasteiger partial charge >= 0.3 is 0 Å². The van der Waals surface area contributed by atoms with Gasteiger partial charge in [-0.05, 0) is 43.3 Å². The van der Waals surface area contributed by atoms with Crippen molar-refractivity contribution in [3.05, 3.63) is 48.9 Å². The van der Waals surface area contributed by atoms with Crippen molar-refractivity contribution in [1.29, 1.82) is 0 Å².